The van der Waals surface area contributed by atoms with Crippen LogP contribution in [0.15, 0.2) is 24.3 Å². The molecular formula is C21H22FN5O2S. The number of benzene rings is 1. The van der Waals surface area contributed by atoms with Gasteiger partial charge in [-0.2, -0.15) is 4.37 Å². The number of nitrogens with zero attached hydrogens (tertiary/aromatic N) is 5. The van der Waals surface area contributed by atoms with Gasteiger partial charge in [-0.15, -0.1) is 0 Å². The Morgan fingerprint density at radius 2 is 1.90 bits per heavy atom. The lowest BCUT2D eigenvalue weighted by Gasteiger charge is -2.36. The monoisotopic (exact) mass is 427 g/mol. The van der Waals surface area contributed by atoms with E-state index in [1.165, 1.54) is 35.8 Å². The minimum atomic E-state index is -0.405. The number of imidazole rings is 1. The molecule has 9 heteroatoms. The molecule has 1 amide bonds. The molecule has 1 aliphatic heterocycles. The molecule has 1 unspecified atom stereocenters. The molecule has 0 saturated carbocycles. The van der Waals surface area contributed by atoms with E-state index in [2.05, 4.69) is 9.36 Å². The van der Waals surface area contributed by atoms with Gasteiger partial charge in [0.1, 0.15) is 17.4 Å². The number of rotatable bonds is 4. The highest BCUT2D eigenvalue weighted by Gasteiger charge is 2.36. The smallest absolute Gasteiger partial charge is 0.254 e. The summed E-state index contributed by atoms with van der Waals surface area (Å²) >= 11 is 1.27. The first-order valence-corrected chi connectivity index (χ1v) is 10.5. The molecule has 30 heavy (non-hydrogen) atoms. The van der Waals surface area contributed by atoms with Crippen LogP contribution in [-0.4, -0.2) is 42.0 Å². The summed E-state index contributed by atoms with van der Waals surface area (Å²) in [5, 5.41) is 0.696. The van der Waals surface area contributed by atoms with E-state index in [4.69, 9.17) is 4.98 Å². The second-order valence-corrected chi connectivity index (χ2v) is 8.27. The average molecular weight is 428 g/mol. The van der Waals surface area contributed by atoms with Crippen LogP contribution in [-0.2, 0) is 11.3 Å². The maximum absolute atomic E-state index is 13.3. The lowest BCUT2D eigenvalue weighted by molar-refractivity contribution is -0.118. The number of aryl methyl sites for hydroxylation is 1. The standard InChI is InChI=1S/C21H22FN5O2S/c1-11(13(3)28)17-18-12(2)26(21(29)15-5-7-16(22)8-6-15)9-10-27(18)19(24-17)20-23-14(4)25-30-20/h5-8,11-12H,9-10H2,1-4H3/t11?,12-/m1/s1. The van der Waals surface area contributed by atoms with Crippen LogP contribution in [0.1, 0.15) is 60.3 Å². The third-order valence-corrected chi connectivity index (χ3v) is 6.36. The van der Waals surface area contributed by atoms with E-state index in [-0.39, 0.29) is 23.5 Å². The molecule has 1 aliphatic rings. The first-order valence-electron chi connectivity index (χ1n) is 9.76. The van der Waals surface area contributed by atoms with Gasteiger partial charge in [0.25, 0.3) is 5.91 Å². The van der Waals surface area contributed by atoms with Gasteiger partial charge in [0.15, 0.2) is 10.8 Å². The van der Waals surface area contributed by atoms with Crippen molar-refractivity contribution in [1.82, 2.24) is 23.8 Å². The summed E-state index contributed by atoms with van der Waals surface area (Å²) in [4.78, 5) is 36.3. The summed E-state index contributed by atoms with van der Waals surface area (Å²) in [5.41, 5.74) is 1.93. The van der Waals surface area contributed by atoms with E-state index >= 15 is 0 Å². The number of carbonyl (C=O) groups excluding carboxylic acids is 2. The molecule has 0 saturated heterocycles. The Morgan fingerprint density at radius 3 is 2.50 bits per heavy atom. The Hall–Kier alpha value is -2.94. The summed E-state index contributed by atoms with van der Waals surface area (Å²) in [5.74, 6) is 0.392. The molecule has 2 aromatic heterocycles. The highest BCUT2D eigenvalue weighted by molar-refractivity contribution is 7.09. The highest BCUT2D eigenvalue weighted by atomic mass is 32.1. The fraction of sp³-hybridized carbons (Fsp3) is 0.381. The number of hydrogen-bond donors (Lipinski definition) is 0. The fourth-order valence-electron chi connectivity index (χ4n) is 3.80. The maximum atomic E-state index is 13.3. The Morgan fingerprint density at radius 1 is 1.20 bits per heavy atom. The summed E-state index contributed by atoms with van der Waals surface area (Å²) in [6.07, 6.45) is 0. The third-order valence-electron chi connectivity index (χ3n) is 5.55. The molecule has 1 aromatic carbocycles. The second-order valence-electron chi connectivity index (χ2n) is 7.52. The minimum Gasteiger partial charge on any atom is -0.329 e. The zero-order chi connectivity index (χ0) is 21.6. The topological polar surface area (TPSA) is 81.0 Å². The van der Waals surface area contributed by atoms with Crippen molar-refractivity contribution in [2.75, 3.05) is 6.54 Å². The molecule has 0 spiro atoms. The fourth-order valence-corrected chi connectivity index (χ4v) is 4.47. The zero-order valence-electron chi connectivity index (χ0n) is 17.2. The Balaban J connectivity index is 1.78. The van der Waals surface area contributed by atoms with Crippen LogP contribution in [0.25, 0.3) is 10.8 Å². The molecule has 7 nitrogen and oxygen atoms in total. The number of halogens is 1. The number of carbonyl (C=O) groups is 2. The van der Waals surface area contributed by atoms with E-state index in [1.54, 1.807) is 11.8 Å². The van der Waals surface area contributed by atoms with E-state index in [0.29, 0.717) is 41.0 Å². The second kappa shape index (κ2) is 7.71. The van der Waals surface area contributed by atoms with E-state index in [0.717, 1.165) is 5.69 Å². The van der Waals surface area contributed by atoms with Crippen LogP contribution in [0.5, 0.6) is 0 Å². The Bertz CT molecular complexity index is 1120. The first-order chi connectivity index (χ1) is 14.3. The van der Waals surface area contributed by atoms with Crippen molar-refractivity contribution in [3.63, 3.8) is 0 Å². The Kier molecular flexibility index (Phi) is 5.23. The molecule has 0 bridgehead atoms. The molecule has 0 radical (unpaired) electrons. The lowest BCUT2D eigenvalue weighted by Crippen LogP contribution is -2.41. The number of fused-ring (bicyclic) bond motifs is 1. The predicted molar refractivity (Wildman–Crippen MR) is 111 cm³/mol. The van der Waals surface area contributed by atoms with Crippen molar-refractivity contribution in [1.29, 1.82) is 0 Å². The van der Waals surface area contributed by atoms with Gasteiger partial charge in [-0.1, -0.05) is 0 Å². The molecule has 0 N–H and O–H groups in total. The normalized spacial score (nSPS) is 17.0. The maximum Gasteiger partial charge on any atom is 0.254 e. The molecule has 2 atom stereocenters. The van der Waals surface area contributed by atoms with Crippen LogP contribution in [0, 0.1) is 12.7 Å². The Labute approximate surface area is 177 Å². The van der Waals surface area contributed by atoms with Crippen LogP contribution in [0.2, 0.25) is 0 Å². The van der Waals surface area contributed by atoms with Crippen LogP contribution >= 0.6 is 11.5 Å². The van der Waals surface area contributed by atoms with E-state index < -0.39 is 5.92 Å². The summed E-state index contributed by atoms with van der Waals surface area (Å²) in [6.45, 7) is 8.12. The van der Waals surface area contributed by atoms with Crippen LogP contribution in [0.4, 0.5) is 4.39 Å². The SMILES string of the molecule is CC(=O)C(C)c1nc(-c2nc(C)ns2)n2c1[C@@H](C)N(C(=O)c1ccc(F)cc1)CC2. The first kappa shape index (κ1) is 20.3. The van der Waals surface area contributed by atoms with Crippen molar-refractivity contribution in [3.8, 4) is 10.8 Å². The molecular weight excluding hydrogens is 405 g/mol. The van der Waals surface area contributed by atoms with E-state index in [9.17, 15) is 14.0 Å². The molecule has 4 rings (SSSR count). The quantitative estimate of drug-likeness (QED) is 0.633. The summed E-state index contributed by atoms with van der Waals surface area (Å²) < 4.78 is 19.6. The zero-order valence-corrected chi connectivity index (χ0v) is 18.0. The minimum absolute atomic E-state index is 0.00470. The van der Waals surface area contributed by atoms with Gasteiger partial charge in [0.05, 0.1) is 23.3 Å². The van der Waals surface area contributed by atoms with Gasteiger partial charge in [-0.05, 0) is 63.5 Å². The van der Waals surface area contributed by atoms with Crippen LogP contribution < -0.4 is 0 Å². The molecule has 3 heterocycles. The number of aromatic nitrogens is 4. The molecule has 0 aliphatic carbocycles. The van der Waals surface area contributed by atoms with Gasteiger partial charge < -0.3 is 9.47 Å². The molecule has 156 valence electrons. The summed E-state index contributed by atoms with van der Waals surface area (Å²) in [7, 11) is 0. The largest absolute Gasteiger partial charge is 0.329 e. The van der Waals surface area contributed by atoms with Crippen LogP contribution in [0.3, 0.4) is 0 Å². The lowest BCUT2D eigenvalue weighted by atomic mass is 9.97. The van der Waals surface area contributed by atoms with Crippen molar-refractivity contribution in [2.24, 2.45) is 0 Å². The number of hydrogen-bond acceptors (Lipinski definition) is 6. The molecule has 3 aromatic rings. The van der Waals surface area contributed by atoms with Gasteiger partial charge in [0, 0.05) is 18.7 Å². The third kappa shape index (κ3) is 3.43. The van der Waals surface area contributed by atoms with Gasteiger partial charge in [0.2, 0.25) is 0 Å². The predicted octanol–water partition coefficient (Wildman–Crippen LogP) is 3.76. The van der Waals surface area contributed by atoms with Crippen molar-refractivity contribution in [3.05, 3.63) is 52.9 Å². The number of ketones is 1. The van der Waals surface area contributed by atoms with Gasteiger partial charge >= 0.3 is 0 Å². The van der Waals surface area contributed by atoms with Crippen molar-refractivity contribution >= 4 is 23.2 Å². The number of amides is 1. The number of Topliss-reactive ketones (excluding diaryl/α,β-unsaturated/α-hetero) is 1. The molecule has 0 fully saturated rings. The summed E-state index contributed by atoms with van der Waals surface area (Å²) in [6, 6.07) is 5.25. The van der Waals surface area contributed by atoms with Gasteiger partial charge in [-0.25, -0.2) is 14.4 Å². The highest BCUT2D eigenvalue weighted by Crippen LogP contribution is 2.37. The van der Waals surface area contributed by atoms with Gasteiger partial charge in [-0.3, -0.25) is 9.59 Å². The van der Waals surface area contributed by atoms with E-state index in [1.807, 2.05) is 25.3 Å². The van der Waals surface area contributed by atoms with Crippen molar-refractivity contribution < 1.29 is 14.0 Å². The average Bonchev–Trinajstić information content (AvgIpc) is 3.31. The van der Waals surface area contributed by atoms with Crippen molar-refractivity contribution in [2.45, 2.75) is 46.2 Å².